The minimum absolute atomic E-state index is 0.105. The lowest BCUT2D eigenvalue weighted by Crippen LogP contribution is -2.47. The molecule has 1 atom stereocenters. The maximum atomic E-state index is 12.4. The van der Waals surface area contributed by atoms with Gasteiger partial charge < -0.3 is 14.4 Å². The monoisotopic (exact) mass is 324 g/mol. The van der Waals surface area contributed by atoms with Crippen LogP contribution in [-0.2, 0) is 9.47 Å². The molecule has 0 bridgehead atoms. The molecule has 0 spiro atoms. The second kappa shape index (κ2) is 6.06. The van der Waals surface area contributed by atoms with Gasteiger partial charge in [-0.1, -0.05) is 6.08 Å². The predicted octanol–water partition coefficient (Wildman–Crippen LogP) is 3.17. The van der Waals surface area contributed by atoms with Gasteiger partial charge in [0.25, 0.3) is 0 Å². The van der Waals surface area contributed by atoms with E-state index in [2.05, 4.69) is 6.08 Å². The fourth-order valence-electron chi connectivity index (χ4n) is 2.77. The molecule has 2 rings (SSSR count). The highest BCUT2D eigenvalue weighted by Crippen LogP contribution is 2.28. The Morgan fingerprint density at radius 2 is 1.61 bits per heavy atom. The van der Waals surface area contributed by atoms with Crippen LogP contribution in [0.2, 0.25) is 0 Å². The molecule has 2 amide bonds. The highest BCUT2D eigenvalue weighted by Gasteiger charge is 2.40. The third kappa shape index (κ3) is 4.62. The number of hydrogen-bond acceptors (Lipinski definition) is 4. The van der Waals surface area contributed by atoms with E-state index in [0.717, 1.165) is 12.0 Å². The van der Waals surface area contributed by atoms with E-state index in [9.17, 15) is 9.59 Å². The Morgan fingerprint density at radius 1 is 1.04 bits per heavy atom. The van der Waals surface area contributed by atoms with Gasteiger partial charge in [-0.15, -0.1) is 0 Å². The van der Waals surface area contributed by atoms with Gasteiger partial charge in [-0.25, -0.2) is 9.59 Å². The maximum absolute atomic E-state index is 12.4. The molecule has 1 fully saturated rings. The topological polar surface area (TPSA) is 59.1 Å². The molecule has 23 heavy (non-hydrogen) atoms. The normalized spacial score (nSPS) is 21.7. The molecule has 0 radical (unpaired) electrons. The van der Waals surface area contributed by atoms with Gasteiger partial charge in [0, 0.05) is 19.6 Å². The zero-order chi connectivity index (χ0) is 17.4. The van der Waals surface area contributed by atoms with Crippen LogP contribution >= 0.6 is 0 Å². The first-order chi connectivity index (χ1) is 10.5. The first-order valence-corrected chi connectivity index (χ1v) is 8.13. The van der Waals surface area contributed by atoms with E-state index >= 15 is 0 Å². The summed E-state index contributed by atoms with van der Waals surface area (Å²) in [6, 6.07) is -0.105. The van der Waals surface area contributed by atoms with Crippen molar-refractivity contribution in [2.24, 2.45) is 0 Å². The number of carbonyl (C=O) groups is 2. The first kappa shape index (κ1) is 17.6. The van der Waals surface area contributed by atoms with E-state index in [-0.39, 0.29) is 18.2 Å². The highest BCUT2D eigenvalue weighted by atomic mass is 16.6. The van der Waals surface area contributed by atoms with Crippen LogP contribution in [0.25, 0.3) is 0 Å². The van der Waals surface area contributed by atoms with Crippen molar-refractivity contribution in [1.82, 2.24) is 9.80 Å². The van der Waals surface area contributed by atoms with Crippen LogP contribution in [0.3, 0.4) is 0 Å². The summed E-state index contributed by atoms with van der Waals surface area (Å²) < 4.78 is 10.9. The van der Waals surface area contributed by atoms with E-state index in [1.807, 2.05) is 41.5 Å². The van der Waals surface area contributed by atoms with Crippen molar-refractivity contribution in [2.45, 2.75) is 65.2 Å². The van der Waals surface area contributed by atoms with Gasteiger partial charge in [0.05, 0.1) is 6.04 Å². The Kier molecular flexibility index (Phi) is 4.64. The zero-order valence-corrected chi connectivity index (χ0v) is 15.0. The van der Waals surface area contributed by atoms with E-state index < -0.39 is 11.2 Å². The summed E-state index contributed by atoms with van der Waals surface area (Å²) >= 11 is 0. The largest absolute Gasteiger partial charge is 0.444 e. The lowest BCUT2D eigenvalue weighted by atomic mass is 10.0. The van der Waals surface area contributed by atoms with Crippen molar-refractivity contribution >= 4 is 12.2 Å². The van der Waals surface area contributed by atoms with E-state index in [0.29, 0.717) is 19.6 Å². The number of rotatable bonds is 0. The summed E-state index contributed by atoms with van der Waals surface area (Å²) in [7, 11) is 0. The van der Waals surface area contributed by atoms with Crippen molar-refractivity contribution in [3.05, 3.63) is 11.6 Å². The van der Waals surface area contributed by atoms with Gasteiger partial charge in [0.2, 0.25) is 0 Å². The number of amides is 2. The van der Waals surface area contributed by atoms with Crippen molar-refractivity contribution in [3.8, 4) is 0 Å². The van der Waals surface area contributed by atoms with Crippen LogP contribution in [0.5, 0.6) is 0 Å². The van der Waals surface area contributed by atoms with Crippen LogP contribution in [-0.4, -0.2) is 58.9 Å². The van der Waals surface area contributed by atoms with Crippen molar-refractivity contribution in [2.75, 3.05) is 19.6 Å². The molecule has 0 aromatic rings. The summed E-state index contributed by atoms with van der Waals surface area (Å²) in [6.45, 7) is 12.7. The fourth-order valence-corrected chi connectivity index (χ4v) is 2.77. The quantitative estimate of drug-likeness (QED) is 0.642. The predicted molar refractivity (Wildman–Crippen MR) is 87.2 cm³/mol. The Bertz CT molecular complexity index is 514. The molecule has 0 N–H and O–H groups in total. The molecule has 1 unspecified atom stereocenters. The van der Waals surface area contributed by atoms with Crippen LogP contribution in [0.15, 0.2) is 11.6 Å². The van der Waals surface area contributed by atoms with E-state index in [1.54, 1.807) is 9.80 Å². The molecule has 0 saturated carbocycles. The molecule has 2 heterocycles. The SMILES string of the molecule is CC(C)(C)OC(=O)N1CC2=CCCN(C(=O)OC(C)(C)C)C2C1. The van der Waals surface area contributed by atoms with Crippen molar-refractivity contribution < 1.29 is 19.1 Å². The third-order valence-electron chi connectivity index (χ3n) is 3.63. The summed E-state index contributed by atoms with van der Waals surface area (Å²) in [5, 5.41) is 0. The smallest absolute Gasteiger partial charge is 0.410 e. The molecular formula is C17H28N2O4. The van der Waals surface area contributed by atoms with Crippen LogP contribution in [0.1, 0.15) is 48.0 Å². The van der Waals surface area contributed by atoms with E-state index in [4.69, 9.17) is 9.47 Å². The minimum Gasteiger partial charge on any atom is -0.444 e. The average molecular weight is 324 g/mol. The van der Waals surface area contributed by atoms with Crippen LogP contribution < -0.4 is 0 Å². The first-order valence-electron chi connectivity index (χ1n) is 8.13. The molecule has 2 aliphatic rings. The Morgan fingerprint density at radius 3 is 2.17 bits per heavy atom. The van der Waals surface area contributed by atoms with E-state index in [1.165, 1.54) is 0 Å². The molecule has 0 aromatic carbocycles. The zero-order valence-electron chi connectivity index (χ0n) is 15.0. The Hall–Kier alpha value is -1.72. The Balaban J connectivity index is 2.06. The number of fused-ring (bicyclic) bond motifs is 1. The summed E-state index contributed by atoms with van der Waals surface area (Å²) in [5.74, 6) is 0. The molecule has 0 aromatic heterocycles. The van der Waals surface area contributed by atoms with Gasteiger partial charge in [0.15, 0.2) is 0 Å². The number of hydrogen-bond donors (Lipinski definition) is 0. The molecule has 1 saturated heterocycles. The summed E-state index contributed by atoms with van der Waals surface area (Å²) in [4.78, 5) is 28.0. The Labute approximate surface area is 138 Å². The minimum atomic E-state index is -0.526. The maximum Gasteiger partial charge on any atom is 0.410 e. The van der Waals surface area contributed by atoms with Crippen molar-refractivity contribution in [3.63, 3.8) is 0 Å². The second-order valence-corrected chi connectivity index (χ2v) is 8.12. The van der Waals surface area contributed by atoms with Gasteiger partial charge in [-0.05, 0) is 53.5 Å². The number of nitrogens with zero attached hydrogens (tertiary/aromatic N) is 2. The number of ether oxygens (including phenoxy) is 2. The summed E-state index contributed by atoms with van der Waals surface area (Å²) in [5.41, 5.74) is 0.0411. The van der Waals surface area contributed by atoms with Crippen molar-refractivity contribution in [1.29, 1.82) is 0 Å². The molecule has 0 aliphatic carbocycles. The molecular weight excluding hydrogens is 296 g/mol. The summed E-state index contributed by atoms with van der Waals surface area (Å²) in [6.07, 6.45) is 2.25. The molecule has 6 nitrogen and oxygen atoms in total. The number of likely N-dealkylation sites (tertiary alicyclic amines) is 1. The van der Waals surface area contributed by atoms with Gasteiger partial charge >= 0.3 is 12.2 Å². The van der Waals surface area contributed by atoms with Gasteiger partial charge in [-0.2, -0.15) is 0 Å². The highest BCUT2D eigenvalue weighted by molar-refractivity contribution is 5.72. The standard InChI is InChI=1S/C17H28N2O4/c1-16(2,3)22-14(20)18-10-12-8-7-9-19(13(12)11-18)15(21)23-17(4,5)6/h8,13H,7,9-11H2,1-6H3. The van der Waals surface area contributed by atoms with Gasteiger partial charge in [0.1, 0.15) is 11.2 Å². The molecule has 2 aliphatic heterocycles. The second-order valence-electron chi connectivity index (χ2n) is 8.12. The van der Waals surface area contributed by atoms with Crippen LogP contribution in [0, 0.1) is 0 Å². The molecule has 6 heteroatoms. The van der Waals surface area contributed by atoms with Crippen LogP contribution in [0.4, 0.5) is 9.59 Å². The number of carbonyl (C=O) groups excluding carboxylic acids is 2. The lowest BCUT2D eigenvalue weighted by Gasteiger charge is -2.34. The molecule has 130 valence electrons. The van der Waals surface area contributed by atoms with Gasteiger partial charge in [-0.3, -0.25) is 4.90 Å². The third-order valence-corrected chi connectivity index (χ3v) is 3.63. The average Bonchev–Trinajstić information content (AvgIpc) is 2.77. The lowest BCUT2D eigenvalue weighted by molar-refractivity contribution is 0.0140. The fraction of sp³-hybridized carbons (Fsp3) is 0.765.